The first-order chi connectivity index (χ1) is 15.6. The van der Waals surface area contributed by atoms with E-state index in [-0.39, 0.29) is 11.9 Å². The zero-order chi connectivity index (χ0) is 22.1. The minimum Gasteiger partial charge on any atom is -0.465 e. The Kier molecular flexibility index (Phi) is 5.98. The maximum Gasteiger partial charge on any atom is 0.337 e. The topological polar surface area (TPSA) is 49.9 Å². The first-order valence-electron chi connectivity index (χ1n) is 11.3. The van der Waals surface area contributed by atoms with Gasteiger partial charge in [-0.2, -0.15) is 0 Å². The predicted molar refractivity (Wildman–Crippen MR) is 127 cm³/mol. The zero-order valence-corrected chi connectivity index (χ0v) is 19.1. The lowest BCUT2D eigenvalue weighted by atomic mass is 9.83. The molecule has 0 radical (unpaired) electrons. The molecule has 1 amide bonds. The van der Waals surface area contributed by atoms with Gasteiger partial charge in [0.25, 0.3) is 5.91 Å². The number of piperidine rings is 2. The molecular formula is C26H28N2O3S. The van der Waals surface area contributed by atoms with E-state index in [1.54, 1.807) is 24.3 Å². The summed E-state index contributed by atoms with van der Waals surface area (Å²) in [7, 11) is 1.36. The highest BCUT2D eigenvalue weighted by atomic mass is 32.1. The van der Waals surface area contributed by atoms with Crippen LogP contribution < -0.4 is 0 Å². The molecule has 0 bridgehead atoms. The highest BCUT2D eigenvalue weighted by molar-refractivity contribution is 7.19. The van der Waals surface area contributed by atoms with Crippen LogP contribution in [0.2, 0.25) is 0 Å². The number of hydrogen-bond acceptors (Lipinski definition) is 5. The van der Waals surface area contributed by atoms with Crippen molar-refractivity contribution in [2.24, 2.45) is 5.92 Å². The van der Waals surface area contributed by atoms with Crippen molar-refractivity contribution in [3.63, 3.8) is 0 Å². The van der Waals surface area contributed by atoms with Gasteiger partial charge in [-0.25, -0.2) is 4.79 Å². The van der Waals surface area contributed by atoms with Crippen molar-refractivity contribution in [1.82, 2.24) is 9.80 Å². The Morgan fingerprint density at radius 1 is 1.03 bits per heavy atom. The second kappa shape index (κ2) is 9.04. The van der Waals surface area contributed by atoms with E-state index in [9.17, 15) is 9.59 Å². The molecule has 2 saturated heterocycles. The van der Waals surface area contributed by atoms with Crippen molar-refractivity contribution in [3.05, 3.63) is 70.6 Å². The number of methoxy groups -OCH3 is 1. The molecule has 0 aliphatic carbocycles. The van der Waals surface area contributed by atoms with Crippen molar-refractivity contribution in [2.45, 2.75) is 31.8 Å². The minimum absolute atomic E-state index is 0.0778. The SMILES string of the molecule is COC(=O)c1ccc(C(=O)N2CCC[C@@H]3CN(Cc4cc5ccccc5s4)CC[C@@H]32)cc1. The van der Waals surface area contributed by atoms with Gasteiger partial charge >= 0.3 is 5.97 Å². The van der Waals surface area contributed by atoms with E-state index < -0.39 is 0 Å². The second-order valence-corrected chi connectivity index (χ2v) is 9.98. The van der Waals surface area contributed by atoms with Gasteiger partial charge in [-0.05, 0) is 67.0 Å². The molecule has 32 heavy (non-hydrogen) atoms. The molecular weight excluding hydrogens is 420 g/mol. The van der Waals surface area contributed by atoms with Crippen LogP contribution in [-0.4, -0.2) is 54.5 Å². The van der Waals surface area contributed by atoms with Gasteiger partial charge in [0, 0.05) is 47.4 Å². The summed E-state index contributed by atoms with van der Waals surface area (Å²) in [6, 6.07) is 18.0. The average molecular weight is 449 g/mol. The number of ether oxygens (including phenoxy) is 1. The number of likely N-dealkylation sites (tertiary alicyclic amines) is 2. The fourth-order valence-corrected chi connectivity index (χ4v) is 6.35. The van der Waals surface area contributed by atoms with Crippen molar-refractivity contribution in [3.8, 4) is 0 Å². The molecule has 0 unspecified atom stereocenters. The van der Waals surface area contributed by atoms with Crippen LogP contribution in [0.5, 0.6) is 0 Å². The number of esters is 1. The summed E-state index contributed by atoms with van der Waals surface area (Å²) < 4.78 is 6.11. The van der Waals surface area contributed by atoms with Crippen LogP contribution in [0, 0.1) is 5.92 Å². The van der Waals surface area contributed by atoms with Gasteiger partial charge in [0.05, 0.1) is 12.7 Å². The summed E-state index contributed by atoms with van der Waals surface area (Å²) in [6.45, 7) is 3.87. The summed E-state index contributed by atoms with van der Waals surface area (Å²) in [5.74, 6) is 0.215. The number of rotatable bonds is 4. The van der Waals surface area contributed by atoms with Gasteiger partial charge in [0.15, 0.2) is 0 Å². The Balaban J connectivity index is 1.25. The van der Waals surface area contributed by atoms with E-state index in [1.807, 2.05) is 11.3 Å². The van der Waals surface area contributed by atoms with Crippen LogP contribution in [-0.2, 0) is 11.3 Å². The third-order valence-electron chi connectivity index (χ3n) is 6.82. The molecule has 6 heteroatoms. The lowest BCUT2D eigenvalue weighted by Crippen LogP contribution is -2.55. The first-order valence-corrected chi connectivity index (χ1v) is 12.1. The van der Waals surface area contributed by atoms with Crippen LogP contribution in [0.3, 0.4) is 0 Å². The number of thiophene rings is 1. The fourth-order valence-electron chi connectivity index (χ4n) is 5.24. The number of hydrogen-bond donors (Lipinski definition) is 0. The number of amides is 1. The van der Waals surface area contributed by atoms with Crippen LogP contribution in [0.1, 0.15) is 44.9 Å². The van der Waals surface area contributed by atoms with Crippen molar-refractivity contribution in [2.75, 3.05) is 26.7 Å². The molecule has 3 heterocycles. The zero-order valence-electron chi connectivity index (χ0n) is 18.3. The second-order valence-electron chi connectivity index (χ2n) is 8.81. The average Bonchev–Trinajstić information content (AvgIpc) is 3.25. The number of benzene rings is 2. The molecule has 0 N–H and O–H groups in total. The van der Waals surface area contributed by atoms with E-state index in [4.69, 9.17) is 4.74 Å². The molecule has 2 aromatic carbocycles. The Hall–Kier alpha value is -2.70. The molecule has 0 spiro atoms. The van der Waals surface area contributed by atoms with E-state index in [2.05, 4.69) is 40.1 Å². The molecule has 3 aromatic rings. The lowest BCUT2D eigenvalue weighted by Gasteiger charge is -2.47. The summed E-state index contributed by atoms with van der Waals surface area (Å²) >= 11 is 1.89. The molecule has 0 saturated carbocycles. The van der Waals surface area contributed by atoms with Crippen LogP contribution in [0.25, 0.3) is 10.1 Å². The third kappa shape index (κ3) is 4.17. The Bertz CT molecular complexity index is 1090. The highest BCUT2D eigenvalue weighted by Crippen LogP contribution is 2.33. The lowest BCUT2D eigenvalue weighted by molar-refractivity contribution is 0.0186. The summed E-state index contributed by atoms with van der Waals surface area (Å²) in [5.41, 5.74) is 1.11. The van der Waals surface area contributed by atoms with Gasteiger partial charge in [-0.3, -0.25) is 9.69 Å². The maximum absolute atomic E-state index is 13.3. The van der Waals surface area contributed by atoms with Gasteiger partial charge in [0.2, 0.25) is 0 Å². The van der Waals surface area contributed by atoms with E-state index >= 15 is 0 Å². The molecule has 166 valence electrons. The number of carbonyl (C=O) groups is 2. The van der Waals surface area contributed by atoms with Crippen molar-refractivity contribution < 1.29 is 14.3 Å². The van der Waals surface area contributed by atoms with Crippen LogP contribution in [0.4, 0.5) is 0 Å². The summed E-state index contributed by atoms with van der Waals surface area (Å²) in [5, 5.41) is 1.33. The number of fused-ring (bicyclic) bond motifs is 2. The smallest absolute Gasteiger partial charge is 0.337 e. The standard InChI is InChI=1S/C26H28N2O3S/c1-31-26(30)19-10-8-18(9-11-19)25(29)28-13-4-6-21-16-27(14-12-23(21)28)17-22-15-20-5-2-3-7-24(20)32-22/h2-3,5,7-11,15,21,23H,4,6,12-14,16-17H2,1H3/t21-,23+/m1/s1. The predicted octanol–water partition coefficient (Wildman–Crippen LogP) is 4.81. The van der Waals surface area contributed by atoms with Gasteiger partial charge in [-0.15, -0.1) is 11.3 Å². The van der Waals surface area contributed by atoms with Gasteiger partial charge < -0.3 is 9.64 Å². The molecule has 2 fully saturated rings. The molecule has 2 aliphatic rings. The van der Waals surface area contributed by atoms with Crippen LogP contribution >= 0.6 is 11.3 Å². The highest BCUT2D eigenvalue weighted by Gasteiger charge is 2.38. The normalized spacial score (nSPS) is 21.3. The first kappa shape index (κ1) is 21.2. The minimum atomic E-state index is -0.381. The van der Waals surface area contributed by atoms with E-state index in [1.165, 1.54) is 28.5 Å². The largest absolute Gasteiger partial charge is 0.465 e. The summed E-state index contributed by atoms with van der Waals surface area (Å²) in [4.78, 5) is 31.0. The fraction of sp³-hybridized carbons (Fsp3) is 0.385. The molecule has 2 atom stereocenters. The van der Waals surface area contributed by atoms with Crippen molar-refractivity contribution in [1.29, 1.82) is 0 Å². The monoisotopic (exact) mass is 448 g/mol. The third-order valence-corrected chi connectivity index (χ3v) is 7.92. The Morgan fingerprint density at radius 2 is 1.81 bits per heavy atom. The molecule has 5 nitrogen and oxygen atoms in total. The molecule has 2 aliphatic heterocycles. The quantitative estimate of drug-likeness (QED) is 0.537. The van der Waals surface area contributed by atoms with E-state index in [0.717, 1.165) is 39.0 Å². The van der Waals surface area contributed by atoms with E-state index in [0.29, 0.717) is 23.1 Å². The van der Waals surface area contributed by atoms with Crippen molar-refractivity contribution >= 4 is 33.3 Å². The van der Waals surface area contributed by atoms with Crippen LogP contribution in [0.15, 0.2) is 54.6 Å². The Morgan fingerprint density at radius 3 is 2.59 bits per heavy atom. The number of nitrogens with zero attached hydrogens (tertiary/aromatic N) is 2. The van der Waals surface area contributed by atoms with Gasteiger partial charge in [-0.1, -0.05) is 18.2 Å². The molecule has 1 aromatic heterocycles. The summed E-state index contributed by atoms with van der Waals surface area (Å²) in [6.07, 6.45) is 3.24. The molecule has 5 rings (SSSR count). The Labute approximate surface area is 192 Å². The number of carbonyl (C=O) groups excluding carboxylic acids is 2. The maximum atomic E-state index is 13.3. The van der Waals surface area contributed by atoms with Gasteiger partial charge in [0.1, 0.15) is 0 Å².